The molecule has 0 spiro atoms. The molecule has 2 aromatic rings. The van der Waals surface area contributed by atoms with Crippen LogP contribution in [0.3, 0.4) is 0 Å². The van der Waals surface area contributed by atoms with Crippen LogP contribution in [0.5, 0.6) is 0 Å². The van der Waals surface area contributed by atoms with Gasteiger partial charge < -0.3 is 10.4 Å². The predicted molar refractivity (Wildman–Crippen MR) is 69.7 cm³/mol. The topological polar surface area (TPSA) is 62.2 Å². The highest BCUT2D eigenvalue weighted by Crippen LogP contribution is 2.13. The van der Waals surface area contributed by atoms with Gasteiger partial charge in [0.25, 0.3) is 0 Å². The number of aromatic nitrogens is 1. The van der Waals surface area contributed by atoms with Gasteiger partial charge in [0.05, 0.1) is 5.69 Å². The molecule has 4 nitrogen and oxygen atoms in total. The lowest BCUT2D eigenvalue weighted by molar-refractivity contribution is 0.0691. The molecule has 0 fully saturated rings. The zero-order valence-corrected chi connectivity index (χ0v) is 10.1. The Morgan fingerprint density at radius 2 is 2.00 bits per heavy atom. The number of pyridine rings is 1. The molecule has 2 rings (SSSR count). The first kappa shape index (κ1) is 12.1. The first-order valence-corrected chi connectivity index (χ1v) is 5.64. The van der Waals surface area contributed by atoms with Crippen molar-refractivity contribution in [3.63, 3.8) is 0 Å². The predicted octanol–water partition coefficient (Wildman–Crippen LogP) is 2.70. The second kappa shape index (κ2) is 5.31. The normalized spacial score (nSPS) is 10.1. The number of hydrogen-bond acceptors (Lipinski definition) is 3. The summed E-state index contributed by atoms with van der Waals surface area (Å²) in [5, 5.41) is 12.1. The number of nitrogens with zero attached hydrogens (tertiary/aromatic N) is 1. The molecule has 0 amide bonds. The lowest BCUT2D eigenvalue weighted by atomic mass is 10.1. The van der Waals surface area contributed by atoms with E-state index < -0.39 is 5.97 Å². The van der Waals surface area contributed by atoms with Crippen molar-refractivity contribution in [3.05, 3.63) is 59.4 Å². The number of benzene rings is 1. The third kappa shape index (κ3) is 2.85. The molecule has 1 heterocycles. The summed E-state index contributed by atoms with van der Waals surface area (Å²) in [5.41, 5.74) is 2.88. The maximum Gasteiger partial charge on any atom is 0.356 e. The van der Waals surface area contributed by atoms with E-state index in [1.807, 2.05) is 31.2 Å². The van der Waals surface area contributed by atoms with Crippen LogP contribution in [-0.2, 0) is 6.54 Å². The molecule has 0 saturated heterocycles. The Hall–Kier alpha value is -2.36. The summed E-state index contributed by atoms with van der Waals surface area (Å²) in [6, 6.07) is 11.5. The quantitative estimate of drug-likeness (QED) is 0.865. The Labute approximate surface area is 105 Å². The molecule has 1 aromatic heterocycles. The van der Waals surface area contributed by atoms with Gasteiger partial charge >= 0.3 is 5.97 Å². The van der Waals surface area contributed by atoms with Crippen LogP contribution in [0.1, 0.15) is 21.6 Å². The molecule has 0 aliphatic rings. The van der Waals surface area contributed by atoms with Gasteiger partial charge in [0.2, 0.25) is 0 Å². The molecular weight excluding hydrogens is 228 g/mol. The Morgan fingerprint density at radius 1 is 1.28 bits per heavy atom. The van der Waals surface area contributed by atoms with Crippen molar-refractivity contribution in [2.45, 2.75) is 13.5 Å². The van der Waals surface area contributed by atoms with Crippen molar-refractivity contribution in [1.82, 2.24) is 4.98 Å². The minimum atomic E-state index is -1.03. The van der Waals surface area contributed by atoms with E-state index >= 15 is 0 Å². The van der Waals surface area contributed by atoms with Crippen LogP contribution in [-0.4, -0.2) is 16.1 Å². The lowest BCUT2D eigenvalue weighted by Gasteiger charge is -2.08. The lowest BCUT2D eigenvalue weighted by Crippen LogP contribution is -2.08. The van der Waals surface area contributed by atoms with Crippen molar-refractivity contribution in [2.24, 2.45) is 0 Å². The maximum atomic E-state index is 11.0. The number of carboxylic acids is 1. The van der Waals surface area contributed by atoms with E-state index in [0.29, 0.717) is 12.2 Å². The second-order valence-corrected chi connectivity index (χ2v) is 4.04. The molecule has 0 bridgehead atoms. The Balaban J connectivity index is 2.10. The van der Waals surface area contributed by atoms with Gasteiger partial charge in [-0.3, -0.25) is 0 Å². The molecule has 0 unspecified atom stereocenters. The molecule has 2 N–H and O–H groups in total. The fraction of sp³-hybridized carbons (Fsp3) is 0.143. The van der Waals surface area contributed by atoms with Crippen molar-refractivity contribution in [3.8, 4) is 0 Å². The first-order valence-electron chi connectivity index (χ1n) is 5.64. The fourth-order valence-electron chi connectivity index (χ4n) is 1.62. The van der Waals surface area contributed by atoms with Gasteiger partial charge in [-0.1, -0.05) is 29.8 Å². The van der Waals surface area contributed by atoms with Gasteiger partial charge in [0.15, 0.2) is 5.69 Å². The Morgan fingerprint density at radius 3 is 2.67 bits per heavy atom. The Bertz CT molecular complexity index is 550. The van der Waals surface area contributed by atoms with E-state index in [1.165, 1.54) is 11.8 Å². The maximum absolute atomic E-state index is 11.0. The zero-order valence-electron chi connectivity index (χ0n) is 10.1. The number of hydrogen-bond donors (Lipinski definition) is 2. The third-order valence-corrected chi connectivity index (χ3v) is 2.61. The molecule has 0 aliphatic carbocycles. The van der Waals surface area contributed by atoms with E-state index in [-0.39, 0.29) is 5.69 Å². The number of aromatic carboxylic acids is 1. The number of carboxylic acid groups (broad SMARTS) is 1. The zero-order chi connectivity index (χ0) is 13.0. The molecule has 4 heteroatoms. The number of nitrogens with one attached hydrogen (secondary N) is 1. The summed E-state index contributed by atoms with van der Waals surface area (Å²) < 4.78 is 0. The Kier molecular flexibility index (Phi) is 3.57. The van der Waals surface area contributed by atoms with E-state index in [0.717, 1.165) is 5.56 Å². The highest BCUT2D eigenvalue weighted by molar-refractivity contribution is 5.91. The molecule has 0 saturated carbocycles. The summed E-state index contributed by atoms with van der Waals surface area (Å²) >= 11 is 0. The summed E-state index contributed by atoms with van der Waals surface area (Å²) in [7, 11) is 0. The second-order valence-electron chi connectivity index (χ2n) is 4.04. The van der Waals surface area contributed by atoms with E-state index in [9.17, 15) is 4.79 Å². The van der Waals surface area contributed by atoms with Gasteiger partial charge in [-0.2, -0.15) is 0 Å². The van der Waals surface area contributed by atoms with E-state index in [2.05, 4.69) is 10.3 Å². The molecule has 0 atom stereocenters. The van der Waals surface area contributed by atoms with Crippen LogP contribution < -0.4 is 5.32 Å². The number of rotatable bonds is 4. The molecule has 92 valence electrons. The summed E-state index contributed by atoms with van der Waals surface area (Å²) in [4.78, 5) is 14.8. The van der Waals surface area contributed by atoms with Crippen LogP contribution in [0.4, 0.5) is 5.69 Å². The van der Waals surface area contributed by atoms with Crippen LogP contribution in [0.15, 0.2) is 42.6 Å². The first-order chi connectivity index (χ1) is 8.66. The standard InChI is InChI=1S/C14H14N2O2/c1-10-4-6-11(7-5-10)9-16-12-3-2-8-15-13(12)14(17)18/h2-8,16H,9H2,1H3,(H,17,18). The highest BCUT2D eigenvalue weighted by atomic mass is 16.4. The molecule has 1 aromatic carbocycles. The van der Waals surface area contributed by atoms with Crippen LogP contribution >= 0.6 is 0 Å². The SMILES string of the molecule is Cc1ccc(CNc2cccnc2C(=O)O)cc1. The van der Waals surface area contributed by atoms with Gasteiger partial charge in [0.1, 0.15) is 0 Å². The van der Waals surface area contributed by atoms with Gasteiger partial charge in [-0.05, 0) is 24.6 Å². The van der Waals surface area contributed by atoms with Gasteiger partial charge in [-0.25, -0.2) is 9.78 Å². The number of carbonyl (C=O) groups is 1. The minimum absolute atomic E-state index is 0.0459. The van der Waals surface area contributed by atoms with Crippen LogP contribution in [0, 0.1) is 6.92 Å². The average Bonchev–Trinajstić information content (AvgIpc) is 2.38. The molecule has 0 aliphatic heterocycles. The third-order valence-electron chi connectivity index (χ3n) is 2.61. The average molecular weight is 242 g/mol. The van der Waals surface area contributed by atoms with Crippen molar-refractivity contribution in [2.75, 3.05) is 5.32 Å². The monoisotopic (exact) mass is 242 g/mol. The van der Waals surface area contributed by atoms with Crippen molar-refractivity contribution in [1.29, 1.82) is 0 Å². The molecule has 0 radical (unpaired) electrons. The van der Waals surface area contributed by atoms with Crippen molar-refractivity contribution < 1.29 is 9.90 Å². The van der Waals surface area contributed by atoms with E-state index in [4.69, 9.17) is 5.11 Å². The summed E-state index contributed by atoms with van der Waals surface area (Å²) in [5.74, 6) is -1.03. The van der Waals surface area contributed by atoms with Crippen LogP contribution in [0.2, 0.25) is 0 Å². The molecular formula is C14H14N2O2. The minimum Gasteiger partial charge on any atom is -0.476 e. The highest BCUT2D eigenvalue weighted by Gasteiger charge is 2.10. The molecule has 18 heavy (non-hydrogen) atoms. The fourth-order valence-corrected chi connectivity index (χ4v) is 1.62. The smallest absolute Gasteiger partial charge is 0.356 e. The van der Waals surface area contributed by atoms with Gasteiger partial charge in [0, 0.05) is 12.7 Å². The van der Waals surface area contributed by atoms with Crippen LogP contribution in [0.25, 0.3) is 0 Å². The van der Waals surface area contributed by atoms with E-state index in [1.54, 1.807) is 12.1 Å². The number of aryl methyl sites for hydroxylation is 1. The number of anilines is 1. The summed E-state index contributed by atoms with van der Waals surface area (Å²) in [6.07, 6.45) is 1.47. The largest absolute Gasteiger partial charge is 0.476 e. The van der Waals surface area contributed by atoms with Gasteiger partial charge in [-0.15, -0.1) is 0 Å². The van der Waals surface area contributed by atoms with Crippen molar-refractivity contribution >= 4 is 11.7 Å². The summed E-state index contributed by atoms with van der Waals surface area (Å²) in [6.45, 7) is 2.60.